The van der Waals surface area contributed by atoms with Gasteiger partial charge in [-0.1, -0.05) is 26.8 Å². The van der Waals surface area contributed by atoms with Gasteiger partial charge in [0.05, 0.1) is 12.8 Å². The monoisotopic (exact) mass is 345 g/mol. The molecule has 2 fully saturated rings. The highest BCUT2D eigenvalue weighted by molar-refractivity contribution is 5.61. The molecule has 2 saturated heterocycles. The standard InChI is InChI=1S/C21H35N3O/c1-21(2,3)17-6-7-20(25-5)19(16-17)24-10-8-18(9-11-24)23-14-12-22(4)13-15-23/h6-7,16,18H,8-15H2,1-5H3. The van der Waals surface area contributed by atoms with Crippen LogP contribution in [0.4, 0.5) is 5.69 Å². The fourth-order valence-electron chi connectivity index (χ4n) is 4.06. The molecule has 0 unspecified atom stereocenters. The van der Waals surface area contributed by atoms with Crippen molar-refractivity contribution in [3.8, 4) is 5.75 Å². The van der Waals surface area contributed by atoms with E-state index in [0.29, 0.717) is 0 Å². The SMILES string of the molecule is COc1ccc(C(C)(C)C)cc1N1CCC(N2CCN(C)CC2)CC1. The second-order valence-corrected chi connectivity index (χ2v) is 8.69. The Morgan fingerprint density at radius 1 is 0.960 bits per heavy atom. The van der Waals surface area contributed by atoms with Crippen molar-refractivity contribution < 1.29 is 4.74 Å². The zero-order valence-corrected chi connectivity index (χ0v) is 16.7. The molecular formula is C21H35N3O. The van der Waals surface area contributed by atoms with Gasteiger partial charge in [0.1, 0.15) is 5.75 Å². The Kier molecular flexibility index (Phi) is 5.59. The first-order valence-corrected chi connectivity index (χ1v) is 9.74. The molecule has 2 aliphatic rings. The van der Waals surface area contributed by atoms with E-state index in [2.05, 4.69) is 60.7 Å². The van der Waals surface area contributed by atoms with E-state index in [9.17, 15) is 0 Å². The first kappa shape index (κ1) is 18.5. The number of benzene rings is 1. The second kappa shape index (κ2) is 7.55. The summed E-state index contributed by atoms with van der Waals surface area (Å²) in [6.45, 7) is 14.0. The van der Waals surface area contributed by atoms with E-state index in [0.717, 1.165) is 24.9 Å². The predicted molar refractivity (Wildman–Crippen MR) is 106 cm³/mol. The fourth-order valence-corrected chi connectivity index (χ4v) is 4.06. The summed E-state index contributed by atoms with van der Waals surface area (Å²) in [6, 6.07) is 7.44. The normalized spacial score (nSPS) is 21.6. The molecule has 3 rings (SSSR count). The number of hydrogen-bond donors (Lipinski definition) is 0. The molecule has 1 aromatic carbocycles. The highest BCUT2D eigenvalue weighted by Crippen LogP contribution is 2.35. The van der Waals surface area contributed by atoms with Crippen molar-refractivity contribution in [1.29, 1.82) is 0 Å². The summed E-state index contributed by atoms with van der Waals surface area (Å²) in [7, 11) is 4.01. The summed E-state index contributed by atoms with van der Waals surface area (Å²) in [5, 5.41) is 0. The molecule has 0 spiro atoms. The average Bonchev–Trinajstić information content (AvgIpc) is 2.61. The number of anilines is 1. The zero-order chi connectivity index (χ0) is 18.0. The number of likely N-dealkylation sites (N-methyl/N-ethyl adjacent to an activating group) is 1. The van der Waals surface area contributed by atoms with Gasteiger partial charge >= 0.3 is 0 Å². The quantitative estimate of drug-likeness (QED) is 0.837. The topological polar surface area (TPSA) is 19.0 Å². The lowest BCUT2D eigenvalue weighted by Crippen LogP contribution is -2.52. The van der Waals surface area contributed by atoms with E-state index in [-0.39, 0.29) is 5.41 Å². The molecule has 4 heteroatoms. The van der Waals surface area contributed by atoms with Crippen molar-refractivity contribution in [2.45, 2.75) is 45.1 Å². The molecule has 0 atom stereocenters. The lowest BCUT2D eigenvalue weighted by Gasteiger charge is -2.43. The van der Waals surface area contributed by atoms with E-state index < -0.39 is 0 Å². The minimum absolute atomic E-state index is 0.166. The number of rotatable bonds is 3. The van der Waals surface area contributed by atoms with Gasteiger partial charge in [-0.2, -0.15) is 0 Å². The van der Waals surface area contributed by atoms with Gasteiger partial charge in [0.2, 0.25) is 0 Å². The molecule has 0 radical (unpaired) electrons. The Bertz CT molecular complexity index is 565. The minimum atomic E-state index is 0.166. The maximum Gasteiger partial charge on any atom is 0.142 e. The van der Waals surface area contributed by atoms with Gasteiger partial charge in [0, 0.05) is 45.3 Å². The third kappa shape index (κ3) is 4.29. The Hall–Kier alpha value is -1.26. The van der Waals surface area contributed by atoms with Crippen molar-refractivity contribution in [3.63, 3.8) is 0 Å². The number of hydrogen-bond acceptors (Lipinski definition) is 4. The van der Waals surface area contributed by atoms with Crippen molar-refractivity contribution in [2.24, 2.45) is 0 Å². The molecule has 0 saturated carbocycles. The summed E-state index contributed by atoms with van der Waals surface area (Å²) in [5.41, 5.74) is 2.82. The Balaban J connectivity index is 1.68. The second-order valence-electron chi connectivity index (χ2n) is 8.69. The third-order valence-corrected chi connectivity index (χ3v) is 5.90. The van der Waals surface area contributed by atoms with E-state index in [1.807, 2.05) is 0 Å². The Morgan fingerprint density at radius 3 is 2.16 bits per heavy atom. The van der Waals surface area contributed by atoms with Crippen LogP contribution in [0.2, 0.25) is 0 Å². The molecule has 2 aliphatic heterocycles. The highest BCUT2D eigenvalue weighted by Gasteiger charge is 2.28. The van der Waals surface area contributed by atoms with Gasteiger partial charge in [-0.05, 0) is 43.0 Å². The third-order valence-electron chi connectivity index (χ3n) is 5.90. The van der Waals surface area contributed by atoms with Crippen molar-refractivity contribution in [3.05, 3.63) is 23.8 Å². The van der Waals surface area contributed by atoms with Crippen molar-refractivity contribution >= 4 is 5.69 Å². The molecule has 0 aromatic heterocycles. The molecule has 0 N–H and O–H groups in total. The maximum atomic E-state index is 5.66. The summed E-state index contributed by atoms with van der Waals surface area (Å²) in [6.07, 6.45) is 2.51. The number of methoxy groups -OCH3 is 1. The zero-order valence-electron chi connectivity index (χ0n) is 16.7. The molecule has 140 valence electrons. The maximum absolute atomic E-state index is 5.66. The van der Waals surface area contributed by atoms with Gasteiger partial charge < -0.3 is 14.5 Å². The summed E-state index contributed by atoms with van der Waals surface area (Å²) >= 11 is 0. The van der Waals surface area contributed by atoms with Gasteiger partial charge in [-0.25, -0.2) is 0 Å². The van der Waals surface area contributed by atoms with Crippen LogP contribution in [-0.2, 0) is 5.41 Å². The fraction of sp³-hybridized carbons (Fsp3) is 0.714. The number of ether oxygens (including phenoxy) is 1. The van der Waals surface area contributed by atoms with Crippen LogP contribution < -0.4 is 9.64 Å². The largest absolute Gasteiger partial charge is 0.495 e. The molecule has 4 nitrogen and oxygen atoms in total. The van der Waals surface area contributed by atoms with E-state index in [1.165, 1.54) is 50.3 Å². The highest BCUT2D eigenvalue weighted by atomic mass is 16.5. The smallest absolute Gasteiger partial charge is 0.142 e. The van der Waals surface area contributed by atoms with Crippen molar-refractivity contribution in [1.82, 2.24) is 9.80 Å². The van der Waals surface area contributed by atoms with Crippen LogP contribution in [0.3, 0.4) is 0 Å². The van der Waals surface area contributed by atoms with Gasteiger partial charge in [-0.15, -0.1) is 0 Å². The van der Waals surface area contributed by atoms with Crippen LogP contribution in [-0.4, -0.2) is 69.3 Å². The van der Waals surface area contributed by atoms with Gasteiger partial charge in [0.25, 0.3) is 0 Å². The van der Waals surface area contributed by atoms with Gasteiger partial charge in [-0.3, -0.25) is 4.90 Å². The minimum Gasteiger partial charge on any atom is -0.495 e. The van der Waals surface area contributed by atoms with Crippen LogP contribution in [0, 0.1) is 0 Å². The van der Waals surface area contributed by atoms with Crippen LogP contribution in [0.5, 0.6) is 5.75 Å². The summed E-state index contributed by atoms with van der Waals surface area (Å²) in [4.78, 5) is 7.68. The van der Waals surface area contributed by atoms with E-state index in [4.69, 9.17) is 4.74 Å². The molecule has 0 aliphatic carbocycles. The molecular weight excluding hydrogens is 310 g/mol. The number of piperidine rings is 1. The van der Waals surface area contributed by atoms with Crippen LogP contribution >= 0.6 is 0 Å². The number of piperazine rings is 1. The van der Waals surface area contributed by atoms with E-state index in [1.54, 1.807) is 7.11 Å². The molecule has 0 amide bonds. The lowest BCUT2D eigenvalue weighted by molar-refractivity contribution is 0.0981. The first-order chi connectivity index (χ1) is 11.9. The molecule has 0 bridgehead atoms. The average molecular weight is 346 g/mol. The Morgan fingerprint density at radius 2 is 1.60 bits per heavy atom. The van der Waals surface area contributed by atoms with Crippen LogP contribution in [0.1, 0.15) is 39.2 Å². The molecule has 1 aromatic rings. The number of nitrogens with zero attached hydrogens (tertiary/aromatic N) is 3. The van der Waals surface area contributed by atoms with E-state index >= 15 is 0 Å². The Labute approximate surface area is 153 Å². The first-order valence-electron chi connectivity index (χ1n) is 9.74. The van der Waals surface area contributed by atoms with Crippen LogP contribution in [0.25, 0.3) is 0 Å². The lowest BCUT2D eigenvalue weighted by atomic mass is 9.86. The van der Waals surface area contributed by atoms with Gasteiger partial charge in [0.15, 0.2) is 0 Å². The predicted octanol–water partition coefficient (Wildman–Crippen LogP) is 3.21. The molecule has 25 heavy (non-hydrogen) atoms. The summed E-state index contributed by atoms with van der Waals surface area (Å²) in [5.74, 6) is 1.01. The van der Waals surface area contributed by atoms with Crippen molar-refractivity contribution in [2.75, 3.05) is 58.3 Å². The van der Waals surface area contributed by atoms with Crippen LogP contribution in [0.15, 0.2) is 18.2 Å². The summed E-state index contributed by atoms with van der Waals surface area (Å²) < 4.78 is 5.66. The molecule has 2 heterocycles.